The van der Waals surface area contributed by atoms with Gasteiger partial charge in [0, 0.05) is 52.1 Å². The van der Waals surface area contributed by atoms with Gasteiger partial charge in [-0.25, -0.2) is 0 Å². The van der Waals surface area contributed by atoms with Gasteiger partial charge in [0.1, 0.15) is 0 Å². The van der Waals surface area contributed by atoms with Crippen molar-refractivity contribution in [2.24, 2.45) is 0 Å². The van der Waals surface area contributed by atoms with Gasteiger partial charge < -0.3 is 30.2 Å². The van der Waals surface area contributed by atoms with Crippen LogP contribution in [0.1, 0.15) is 65.2 Å². The fourth-order valence-electron chi connectivity index (χ4n) is 2.56. The number of ether oxygens (including phenoxy) is 3. The van der Waals surface area contributed by atoms with E-state index in [0.717, 1.165) is 25.7 Å². The maximum atomic E-state index is 11.6. The predicted molar refractivity (Wildman–Crippen MR) is 120 cm³/mol. The molecule has 9 nitrogen and oxygen atoms in total. The summed E-state index contributed by atoms with van der Waals surface area (Å²) in [5.74, 6) is 0.0629. The van der Waals surface area contributed by atoms with E-state index in [1.54, 1.807) is 0 Å². The molecule has 0 aliphatic heterocycles. The fraction of sp³-hybridized carbons (Fsp3) is 0.864. The number of carbonyl (C=O) groups excluding carboxylic acids is 3. The summed E-state index contributed by atoms with van der Waals surface area (Å²) < 4.78 is 16.3. The van der Waals surface area contributed by atoms with Gasteiger partial charge in [-0.15, -0.1) is 0 Å². The second kappa shape index (κ2) is 23.0. The summed E-state index contributed by atoms with van der Waals surface area (Å²) in [7, 11) is 0. The predicted octanol–water partition coefficient (Wildman–Crippen LogP) is 1.55. The second-order valence-corrected chi connectivity index (χ2v) is 7.15. The highest BCUT2D eigenvalue weighted by atomic mass is 16.5. The second-order valence-electron chi connectivity index (χ2n) is 7.15. The number of amides is 3. The van der Waals surface area contributed by atoms with E-state index in [0.29, 0.717) is 85.0 Å². The number of hydrogen-bond donors (Lipinski definition) is 3. The van der Waals surface area contributed by atoms with E-state index < -0.39 is 0 Å². The van der Waals surface area contributed by atoms with Crippen molar-refractivity contribution < 1.29 is 28.6 Å². The molecule has 0 aromatic rings. The Hall–Kier alpha value is -1.71. The normalized spacial score (nSPS) is 10.6. The zero-order valence-corrected chi connectivity index (χ0v) is 19.5. The largest absolute Gasteiger partial charge is 0.379 e. The molecule has 0 bridgehead atoms. The molecule has 0 rings (SSSR count). The van der Waals surface area contributed by atoms with Gasteiger partial charge >= 0.3 is 0 Å². The van der Waals surface area contributed by atoms with Crippen LogP contribution in [0.15, 0.2) is 0 Å². The topological polar surface area (TPSA) is 115 Å². The zero-order valence-electron chi connectivity index (χ0n) is 19.5. The quantitative estimate of drug-likeness (QED) is 0.218. The van der Waals surface area contributed by atoms with E-state index in [-0.39, 0.29) is 17.7 Å². The maximum absolute atomic E-state index is 11.6. The first-order valence-corrected chi connectivity index (χ1v) is 11.6. The van der Waals surface area contributed by atoms with Gasteiger partial charge in [0.25, 0.3) is 0 Å². The minimum absolute atomic E-state index is 0.0133. The van der Waals surface area contributed by atoms with Crippen LogP contribution in [0.3, 0.4) is 0 Å². The fourth-order valence-corrected chi connectivity index (χ4v) is 2.56. The highest BCUT2D eigenvalue weighted by molar-refractivity contribution is 5.78. The van der Waals surface area contributed by atoms with Gasteiger partial charge in [0.05, 0.1) is 26.4 Å². The zero-order chi connectivity index (χ0) is 23.0. The van der Waals surface area contributed by atoms with E-state index in [2.05, 4.69) is 22.9 Å². The molecule has 0 unspecified atom stereocenters. The SMILES string of the molecule is CCCCC(=O)NCCCOCCOCCOCCCNC(=O)CCCC(=O)NCC. The van der Waals surface area contributed by atoms with Crippen LogP contribution in [0.4, 0.5) is 0 Å². The first kappa shape index (κ1) is 29.3. The monoisotopic (exact) mass is 445 g/mol. The van der Waals surface area contributed by atoms with Gasteiger partial charge in [0.2, 0.25) is 17.7 Å². The molecule has 0 aliphatic carbocycles. The standard InChI is InChI=1S/C22H43N3O6/c1-3-5-9-21(27)24-12-7-14-29-16-18-31-19-17-30-15-8-13-25-22(28)11-6-10-20(26)23-4-2/h3-19H2,1-2H3,(H,23,26)(H,24,27)(H,25,28). The van der Waals surface area contributed by atoms with Crippen LogP contribution in [-0.4, -0.2) is 77.0 Å². The lowest BCUT2D eigenvalue weighted by atomic mass is 10.2. The van der Waals surface area contributed by atoms with Gasteiger partial charge in [-0.2, -0.15) is 0 Å². The third-order valence-corrected chi connectivity index (χ3v) is 4.26. The van der Waals surface area contributed by atoms with Gasteiger partial charge in [-0.3, -0.25) is 14.4 Å². The molecule has 0 aromatic heterocycles. The van der Waals surface area contributed by atoms with Crippen molar-refractivity contribution in [2.45, 2.75) is 65.2 Å². The molecular weight excluding hydrogens is 402 g/mol. The lowest BCUT2D eigenvalue weighted by Gasteiger charge is -2.08. The number of carbonyl (C=O) groups is 3. The Bertz CT molecular complexity index is 463. The van der Waals surface area contributed by atoms with Crippen molar-refractivity contribution in [3.8, 4) is 0 Å². The molecule has 0 saturated carbocycles. The van der Waals surface area contributed by atoms with Gasteiger partial charge in [0.15, 0.2) is 0 Å². The van der Waals surface area contributed by atoms with E-state index in [1.165, 1.54) is 0 Å². The highest BCUT2D eigenvalue weighted by Gasteiger charge is 2.04. The Morgan fingerprint density at radius 3 is 1.42 bits per heavy atom. The summed E-state index contributed by atoms with van der Waals surface area (Å²) in [5.41, 5.74) is 0. The van der Waals surface area contributed by atoms with Crippen molar-refractivity contribution in [1.29, 1.82) is 0 Å². The van der Waals surface area contributed by atoms with Crippen molar-refractivity contribution in [2.75, 3.05) is 59.3 Å². The van der Waals surface area contributed by atoms with Crippen LogP contribution in [-0.2, 0) is 28.6 Å². The molecule has 182 valence electrons. The third kappa shape index (κ3) is 22.8. The molecular formula is C22H43N3O6. The average Bonchev–Trinajstić information content (AvgIpc) is 2.75. The summed E-state index contributed by atoms with van der Waals surface area (Å²) in [6, 6.07) is 0. The number of unbranched alkanes of at least 4 members (excludes halogenated alkanes) is 1. The van der Waals surface area contributed by atoms with Crippen LogP contribution < -0.4 is 16.0 Å². The minimum atomic E-state index is -0.0356. The van der Waals surface area contributed by atoms with E-state index >= 15 is 0 Å². The van der Waals surface area contributed by atoms with Crippen LogP contribution in [0, 0.1) is 0 Å². The minimum Gasteiger partial charge on any atom is -0.379 e. The van der Waals surface area contributed by atoms with E-state index in [9.17, 15) is 14.4 Å². The number of rotatable bonds is 22. The molecule has 3 amide bonds. The first-order valence-electron chi connectivity index (χ1n) is 11.6. The summed E-state index contributed by atoms with van der Waals surface area (Å²) in [6.45, 7) is 8.97. The smallest absolute Gasteiger partial charge is 0.220 e. The van der Waals surface area contributed by atoms with Crippen LogP contribution >= 0.6 is 0 Å². The van der Waals surface area contributed by atoms with Crippen molar-refractivity contribution in [3.63, 3.8) is 0 Å². The van der Waals surface area contributed by atoms with Gasteiger partial charge in [-0.1, -0.05) is 13.3 Å². The van der Waals surface area contributed by atoms with E-state index in [4.69, 9.17) is 14.2 Å². The summed E-state index contributed by atoms with van der Waals surface area (Å²) >= 11 is 0. The Kier molecular flexibility index (Phi) is 21.7. The Morgan fingerprint density at radius 1 is 0.548 bits per heavy atom. The number of hydrogen-bond acceptors (Lipinski definition) is 6. The highest BCUT2D eigenvalue weighted by Crippen LogP contribution is 1.96. The Morgan fingerprint density at radius 2 is 0.968 bits per heavy atom. The summed E-state index contributed by atoms with van der Waals surface area (Å²) in [6.07, 6.45) is 5.40. The maximum Gasteiger partial charge on any atom is 0.220 e. The molecule has 0 spiro atoms. The lowest BCUT2D eigenvalue weighted by Crippen LogP contribution is -2.26. The van der Waals surface area contributed by atoms with Crippen molar-refractivity contribution >= 4 is 17.7 Å². The Balaban J connectivity index is 3.22. The van der Waals surface area contributed by atoms with Crippen LogP contribution in [0.25, 0.3) is 0 Å². The molecule has 0 heterocycles. The van der Waals surface area contributed by atoms with Crippen LogP contribution in [0.5, 0.6) is 0 Å². The molecule has 0 aliphatic rings. The van der Waals surface area contributed by atoms with Crippen LogP contribution in [0.2, 0.25) is 0 Å². The molecule has 0 saturated heterocycles. The molecule has 31 heavy (non-hydrogen) atoms. The first-order chi connectivity index (χ1) is 15.1. The summed E-state index contributed by atoms with van der Waals surface area (Å²) in [5, 5.41) is 8.41. The van der Waals surface area contributed by atoms with Crippen molar-refractivity contribution in [3.05, 3.63) is 0 Å². The average molecular weight is 446 g/mol. The third-order valence-electron chi connectivity index (χ3n) is 4.26. The molecule has 9 heteroatoms. The molecule has 0 radical (unpaired) electrons. The molecule has 0 atom stereocenters. The lowest BCUT2D eigenvalue weighted by molar-refractivity contribution is -0.123. The van der Waals surface area contributed by atoms with Crippen molar-refractivity contribution in [1.82, 2.24) is 16.0 Å². The van der Waals surface area contributed by atoms with Gasteiger partial charge in [-0.05, 0) is 32.6 Å². The van der Waals surface area contributed by atoms with E-state index in [1.807, 2.05) is 6.92 Å². The summed E-state index contributed by atoms with van der Waals surface area (Å²) in [4.78, 5) is 34.3. The number of nitrogens with one attached hydrogen (secondary N) is 3. The molecule has 3 N–H and O–H groups in total. The molecule has 0 aromatic carbocycles. The molecule has 0 fully saturated rings. The Labute approximate surface area is 187 Å².